The summed E-state index contributed by atoms with van der Waals surface area (Å²) in [5.41, 5.74) is -0.0901. The van der Waals surface area contributed by atoms with Crippen LogP contribution in [0.25, 0.3) is 0 Å². The molecule has 0 aliphatic carbocycles. The van der Waals surface area contributed by atoms with E-state index in [1.54, 1.807) is 0 Å². The van der Waals surface area contributed by atoms with Gasteiger partial charge in [-0.25, -0.2) is 4.79 Å². The molecule has 84 valence electrons. The molecule has 1 aliphatic heterocycles. The van der Waals surface area contributed by atoms with Crippen LogP contribution in [-0.2, 0) is 19.9 Å². The molecule has 2 atom stereocenters. The molecule has 0 aromatic heterocycles. The molecule has 0 bridgehead atoms. The fraction of sp³-hybridized carbons (Fsp3) is 0.308. The highest BCUT2D eigenvalue weighted by Crippen LogP contribution is 2.47. The van der Waals surface area contributed by atoms with E-state index in [9.17, 15) is 4.79 Å². The van der Waals surface area contributed by atoms with Gasteiger partial charge in [0.15, 0.2) is 0 Å². The highest BCUT2D eigenvalue weighted by Gasteiger charge is 2.63. The molecule has 1 aliphatic rings. The quantitative estimate of drug-likeness (QED) is 0.442. The second-order valence-corrected chi connectivity index (χ2v) is 3.66. The minimum atomic E-state index is -0.928. The lowest BCUT2D eigenvalue weighted by atomic mass is 9.95. The van der Waals surface area contributed by atoms with Crippen LogP contribution >= 0.6 is 0 Å². The Bertz CT molecular complexity index is 410. The Labute approximate surface area is 94.7 Å². The van der Waals surface area contributed by atoms with E-state index in [-0.39, 0.29) is 12.1 Å². The predicted octanol–water partition coefficient (Wildman–Crippen LogP) is 2.03. The number of carbonyl (C=O) groups is 1. The van der Waals surface area contributed by atoms with E-state index in [4.69, 9.17) is 9.47 Å². The molecule has 2 rings (SSSR count). The van der Waals surface area contributed by atoms with E-state index in [1.165, 1.54) is 7.11 Å². The topological polar surface area (TPSA) is 38.8 Å². The minimum absolute atomic E-state index is 0.215. The number of rotatable bonds is 3. The Morgan fingerprint density at radius 2 is 2.12 bits per heavy atom. The van der Waals surface area contributed by atoms with Gasteiger partial charge in [0.1, 0.15) is 6.10 Å². The Kier molecular flexibility index (Phi) is 2.79. The van der Waals surface area contributed by atoms with Gasteiger partial charge in [0.25, 0.3) is 0 Å². The van der Waals surface area contributed by atoms with Crippen LogP contribution in [0, 0.1) is 0 Å². The number of esters is 1. The fourth-order valence-corrected chi connectivity index (χ4v) is 1.87. The molecule has 0 saturated carbocycles. The van der Waals surface area contributed by atoms with Crippen molar-refractivity contribution in [3.63, 3.8) is 0 Å². The van der Waals surface area contributed by atoms with Crippen molar-refractivity contribution in [2.24, 2.45) is 0 Å². The van der Waals surface area contributed by atoms with Gasteiger partial charge in [0.05, 0.1) is 7.11 Å². The first-order valence-electron chi connectivity index (χ1n) is 5.20. The molecule has 0 unspecified atom stereocenters. The van der Waals surface area contributed by atoms with Crippen molar-refractivity contribution in [2.45, 2.75) is 18.6 Å². The standard InChI is InChI=1S/C13H14O3/c1-3-7-11-13(16-11,12(14)15-2)10-8-5-4-6-9-10/h3-9,11H,1-2H3/b7-3+/t11-,13-/m0/s1. The zero-order valence-corrected chi connectivity index (χ0v) is 9.34. The van der Waals surface area contributed by atoms with Crippen molar-refractivity contribution in [1.29, 1.82) is 0 Å². The Morgan fingerprint density at radius 3 is 2.69 bits per heavy atom. The smallest absolute Gasteiger partial charge is 0.346 e. The lowest BCUT2D eigenvalue weighted by molar-refractivity contribution is -0.147. The number of hydrogen-bond acceptors (Lipinski definition) is 3. The van der Waals surface area contributed by atoms with Gasteiger partial charge in [0.2, 0.25) is 5.60 Å². The number of allylic oxidation sites excluding steroid dienone is 1. The van der Waals surface area contributed by atoms with Crippen LogP contribution in [-0.4, -0.2) is 19.2 Å². The van der Waals surface area contributed by atoms with E-state index in [0.29, 0.717) is 0 Å². The molecule has 0 radical (unpaired) electrons. The third-order valence-corrected chi connectivity index (χ3v) is 2.71. The average Bonchev–Trinajstić information content (AvgIpc) is 3.05. The van der Waals surface area contributed by atoms with Crippen LogP contribution in [0.1, 0.15) is 12.5 Å². The first kappa shape index (κ1) is 10.9. The Balaban J connectivity index is 2.35. The first-order valence-corrected chi connectivity index (χ1v) is 5.20. The molecule has 1 heterocycles. The summed E-state index contributed by atoms with van der Waals surface area (Å²) in [6.07, 6.45) is 3.52. The fourth-order valence-electron chi connectivity index (χ4n) is 1.87. The highest BCUT2D eigenvalue weighted by atomic mass is 16.7. The molecule has 1 saturated heterocycles. The van der Waals surface area contributed by atoms with E-state index in [1.807, 2.05) is 49.4 Å². The van der Waals surface area contributed by atoms with E-state index in [0.717, 1.165) is 5.56 Å². The molecular weight excluding hydrogens is 204 g/mol. The maximum Gasteiger partial charge on any atom is 0.346 e. The zero-order valence-electron chi connectivity index (χ0n) is 9.34. The molecule has 0 spiro atoms. The summed E-state index contributed by atoms with van der Waals surface area (Å²) in [6, 6.07) is 9.42. The van der Waals surface area contributed by atoms with Crippen molar-refractivity contribution in [2.75, 3.05) is 7.11 Å². The van der Waals surface area contributed by atoms with Crippen molar-refractivity contribution < 1.29 is 14.3 Å². The third-order valence-electron chi connectivity index (χ3n) is 2.71. The summed E-state index contributed by atoms with van der Waals surface area (Å²) >= 11 is 0. The number of ether oxygens (including phenoxy) is 2. The van der Waals surface area contributed by atoms with Crippen LogP contribution in [0.15, 0.2) is 42.5 Å². The lowest BCUT2D eigenvalue weighted by Crippen LogP contribution is -2.25. The second kappa shape index (κ2) is 4.10. The summed E-state index contributed by atoms with van der Waals surface area (Å²) < 4.78 is 10.3. The molecule has 1 fully saturated rings. The van der Waals surface area contributed by atoms with Crippen LogP contribution < -0.4 is 0 Å². The van der Waals surface area contributed by atoms with Crippen LogP contribution in [0.2, 0.25) is 0 Å². The molecule has 3 nitrogen and oxygen atoms in total. The molecule has 3 heteroatoms. The van der Waals surface area contributed by atoms with Crippen LogP contribution in [0.3, 0.4) is 0 Å². The first-order chi connectivity index (χ1) is 7.75. The van der Waals surface area contributed by atoms with E-state index in [2.05, 4.69) is 0 Å². The third kappa shape index (κ3) is 1.53. The minimum Gasteiger partial charge on any atom is -0.467 e. The normalized spacial score (nSPS) is 28.0. The van der Waals surface area contributed by atoms with Gasteiger partial charge in [-0.05, 0) is 12.5 Å². The van der Waals surface area contributed by atoms with Gasteiger partial charge in [-0.15, -0.1) is 0 Å². The van der Waals surface area contributed by atoms with Crippen molar-refractivity contribution in [3.8, 4) is 0 Å². The highest BCUT2D eigenvalue weighted by molar-refractivity contribution is 5.85. The largest absolute Gasteiger partial charge is 0.467 e. The molecule has 0 N–H and O–H groups in total. The maximum atomic E-state index is 11.8. The predicted molar refractivity (Wildman–Crippen MR) is 59.8 cm³/mol. The van der Waals surface area contributed by atoms with E-state index >= 15 is 0 Å². The van der Waals surface area contributed by atoms with Crippen LogP contribution in [0.5, 0.6) is 0 Å². The number of benzene rings is 1. The average molecular weight is 218 g/mol. The van der Waals surface area contributed by atoms with Gasteiger partial charge in [-0.1, -0.05) is 42.5 Å². The van der Waals surface area contributed by atoms with Gasteiger partial charge < -0.3 is 9.47 Å². The summed E-state index contributed by atoms with van der Waals surface area (Å²) in [6.45, 7) is 1.90. The number of methoxy groups -OCH3 is 1. The van der Waals surface area contributed by atoms with Crippen molar-refractivity contribution >= 4 is 5.97 Å². The van der Waals surface area contributed by atoms with Gasteiger partial charge in [-0.3, -0.25) is 0 Å². The number of carbonyl (C=O) groups excluding carboxylic acids is 1. The molecule has 16 heavy (non-hydrogen) atoms. The summed E-state index contributed by atoms with van der Waals surface area (Å²) in [7, 11) is 1.38. The van der Waals surface area contributed by atoms with Gasteiger partial charge in [0, 0.05) is 0 Å². The molecule has 1 aromatic carbocycles. The molecule has 0 amide bonds. The molecule has 1 aromatic rings. The number of epoxide rings is 1. The Morgan fingerprint density at radius 1 is 1.44 bits per heavy atom. The summed E-state index contributed by atoms with van der Waals surface area (Å²) in [5.74, 6) is -0.346. The van der Waals surface area contributed by atoms with Gasteiger partial charge >= 0.3 is 5.97 Å². The second-order valence-electron chi connectivity index (χ2n) is 3.66. The van der Waals surface area contributed by atoms with Crippen molar-refractivity contribution in [1.82, 2.24) is 0 Å². The maximum absolute atomic E-state index is 11.8. The Hall–Kier alpha value is -1.61. The zero-order chi connectivity index (χ0) is 11.6. The van der Waals surface area contributed by atoms with Crippen LogP contribution in [0.4, 0.5) is 0 Å². The number of hydrogen-bond donors (Lipinski definition) is 0. The SMILES string of the molecule is C/C=C/[C@@H]1O[C@@]1(C(=O)OC)c1ccccc1. The van der Waals surface area contributed by atoms with Gasteiger partial charge in [-0.2, -0.15) is 0 Å². The molecular formula is C13H14O3. The van der Waals surface area contributed by atoms with Crippen molar-refractivity contribution in [3.05, 3.63) is 48.0 Å². The monoisotopic (exact) mass is 218 g/mol. The summed E-state index contributed by atoms with van der Waals surface area (Å²) in [5, 5.41) is 0. The lowest BCUT2D eigenvalue weighted by Gasteiger charge is -2.09. The van der Waals surface area contributed by atoms with E-state index < -0.39 is 5.60 Å². The summed E-state index contributed by atoms with van der Waals surface area (Å²) in [4.78, 5) is 11.8.